The summed E-state index contributed by atoms with van der Waals surface area (Å²) in [6.07, 6.45) is 12.3. The molecule has 1 aromatic heterocycles. The minimum absolute atomic E-state index is 0.0544. The average Bonchev–Trinajstić information content (AvgIpc) is 3.63. The number of hydrogen-bond donors (Lipinski definition) is 2. The molecule has 5 atom stereocenters. The number of para-hydroxylation sites is 1. The maximum absolute atomic E-state index is 13.3. The van der Waals surface area contributed by atoms with Crippen molar-refractivity contribution in [3.8, 4) is 0 Å². The topological polar surface area (TPSA) is 55.7 Å². The van der Waals surface area contributed by atoms with Crippen molar-refractivity contribution in [1.82, 2.24) is 9.88 Å². The number of nitrogens with zero attached hydrogens (tertiary/aromatic N) is 2. The molecule has 0 saturated heterocycles. The zero-order chi connectivity index (χ0) is 27.8. The van der Waals surface area contributed by atoms with Crippen molar-refractivity contribution < 1.29 is 14.3 Å². The average molecular weight is 548 g/mol. The second-order valence-corrected chi connectivity index (χ2v) is 10.2. The second-order valence-electron chi connectivity index (χ2n) is 10.2. The van der Waals surface area contributed by atoms with Crippen LogP contribution in [0.5, 0.6) is 0 Å². The Kier molecular flexibility index (Phi) is 8.13. The molecule has 0 spiro atoms. The molecule has 0 saturated carbocycles. The highest BCUT2D eigenvalue weighted by molar-refractivity contribution is 7.79. The van der Waals surface area contributed by atoms with Gasteiger partial charge in [0.2, 0.25) is 0 Å². The van der Waals surface area contributed by atoms with Crippen molar-refractivity contribution in [1.29, 1.82) is 0 Å². The molecule has 3 aliphatic heterocycles. The fraction of sp³-hybridized carbons (Fsp3) is 0.469. The minimum Gasteiger partial charge on any atom is -0.376 e. The van der Waals surface area contributed by atoms with Crippen LogP contribution in [-0.4, -0.2) is 49.6 Å². The van der Waals surface area contributed by atoms with Gasteiger partial charge in [-0.3, -0.25) is 4.79 Å². The number of allylic oxidation sites excluding steroid dienone is 2. The zero-order valence-electron chi connectivity index (χ0n) is 23.9. The van der Waals surface area contributed by atoms with E-state index in [0.29, 0.717) is 6.54 Å². The zero-order valence-corrected chi connectivity index (χ0v) is 24.8. The molecule has 7 rings (SSSR count). The molecule has 1 amide bonds. The van der Waals surface area contributed by atoms with Gasteiger partial charge in [-0.2, -0.15) is 12.6 Å². The van der Waals surface area contributed by atoms with Gasteiger partial charge in [-0.1, -0.05) is 69.7 Å². The molecule has 4 heterocycles. The number of anilines is 1. The Morgan fingerprint density at radius 3 is 2.54 bits per heavy atom. The van der Waals surface area contributed by atoms with E-state index in [1.54, 1.807) is 13.4 Å². The highest BCUT2D eigenvalue weighted by Crippen LogP contribution is 2.55. The lowest BCUT2D eigenvalue weighted by atomic mass is 9.86. The number of thiol groups is 1. The van der Waals surface area contributed by atoms with Crippen molar-refractivity contribution >= 4 is 46.0 Å². The molecule has 4 aliphatic rings. The van der Waals surface area contributed by atoms with Gasteiger partial charge in [0.15, 0.2) is 6.23 Å². The SMILES string of the molecule is CC.CCCC1CN2c3c(c4c(c5c6ccccc6n(c35)C(OC)C1OC)CNC4=O)C1C=CC=CC12.CS. The van der Waals surface area contributed by atoms with Crippen molar-refractivity contribution in [2.75, 3.05) is 31.9 Å². The first kappa shape index (κ1) is 27.8. The molecule has 0 bridgehead atoms. The van der Waals surface area contributed by atoms with E-state index in [0.717, 1.165) is 36.0 Å². The maximum atomic E-state index is 13.3. The van der Waals surface area contributed by atoms with Crippen molar-refractivity contribution in [2.24, 2.45) is 5.92 Å². The number of carbonyl (C=O) groups is 1. The van der Waals surface area contributed by atoms with Gasteiger partial charge in [0, 0.05) is 49.9 Å². The summed E-state index contributed by atoms with van der Waals surface area (Å²) >= 11 is 3.53. The third-order valence-electron chi connectivity index (χ3n) is 8.61. The van der Waals surface area contributed by atoms with E-state index in [4.69, 9.17) is 9.47 Å². The molecule has 39 heavy (non-hydrogen) atoms. The Labute approximate surface area is 237 Å². The van der Waals surface area contributed by atoms with Crippen LogP contribution in [0.15, 0.2) is 48.6 Å². The lowest BCUT2D eigenvalue weighted by Gasteiger charge is -2.40. The van der Waals surface area contributed by atoms with Gasteiger partial charge in [0.1, 0.15) is 6.10 Å². The summed E-state index contributed by atoms with van der Waals surface area (Å²) in [7, 11) is 3.61. The number of nitrogens with one attached hydrogen (secondary N) is 1. The van der Waals surface area contributed by atoms with Crippen LogP contribution in [0.4, 0.5) is 5.69 Å². The standard InChI is InChI=1S/C29H31N3O3.C2H6.CH4S/c1-4-9-16-15-31-20-12-7-5-10-17(20)23-24-19(14-30-28(24)33)22-18-11-6-8-13-21(18)32(26(22)25(23)31)29(35-3)27(16)34-2;2*1-2/h5-8,10-13,16-17,20,27,29H,4,9,14-15H2,1-3H3,(H,30,33);1-2H3;2H,1H3. The van der Waals surface area contributed by atoms with Crippen LogP contribution in [0.1, 0.15) is 67.2 Å². The van der Waals surface area contributed by atoms with Crippen molar-refractivity contribution in [3.63, 3.8) is 0 Å². The monoisotopic (exact) mass is 547 g/mol. The number of amides is 1. The van der Waals surface area contributed by atoms with Crippen LogP contribution in [0, 0.1) is 5.92 Å². The van der Waals surface area contributed by atoms with Crippen LogP contribution < -0.4 is 10.2 Å². The molecule has 1 aliphatic carbocycles. The molecule has 1 N–H and O–H groups in total. The normalized spacial score (nSPS) is 25.8. The molecular weight excluding hydrogens is 506 g/mol. The molecule has 6 nitrogen and oxygen atoms in total. The third-order valence-corrected chi connectivity index (χ3v) is 8.61. The highest BCUT2D eigenvalue weighted by atomic mass is 32.1. The van der Waals surface area contributed by atoms with Crippen molar-refractivity contribution in [2.45, 2.75) is 64.4 Å². The Morgan fingerprint density at radius 1 is 1.08 bits per heavy atom. The van der Waals surface area contributed by atoms with E-state index in [2.05, 4.69) is 82.9 Å². The Bertz CT molecular complexity index is 1440. The van der Waals surface area contributed by atoms with Crippen LogP contribution in [0.25, 0.3) is 21.8 Å². The Morgan fingerprint density at radius 2 is 1.82 bits per heavy atom. The van der Waals surface area contributed by atoms with Gasteiger partial charge in [0.25, 0.3) is 5.91 Å². The van der Waals surface area contributed by atoms with Crippen molar-refractivity contribution in [3.05, 3.63) is 65.3 Å². The molecule has 0 fully saturated rings. The first-order chi connectivity index (χ1) is 19.2. The number of hydrogen-bond acceptors (Lipinski definition) is 5. The van der Waals surface area contributed by atoms with Crippen LogP contribution in [0.2, 0.25) is 0 Å². The number of rotatable bonds is 4. The van der Waals surface area contributed by atoms with E-state index in [-0.39, 0.29) is 36.1 Å². The van der Waals surface area contributed by atoms with E-state index in [1.165, 1.54) is 27.5 Å². The molecule has 5 unspecified atom stereocenters. The molecule has 3 aromatic rings. The largest absolute Gasteiger partial charge is 0.376 e. The summed E-state index contributed by atoms with van der Waals surface area (Å²) < 4.78 is 14.9. The molecule has 0 radical (unpaired) electrons. The smallest absolute Gasteiger partial charge is 0.252 e. The molecule has 7 heteroatoms. The number of benzene rings is 2. The lowest BCUT2D eigenvalue weighted by molar-refractivity contribution is -0.0990. The summed E-state index contributed by atoms with van der Waals surface area (Å²) in [6.45, 7) is 7.67. The fourth-order valence-corrected chi connectivity index (χ4v) is 7.34. The van der Waals surface area contributed by atoms with E-state index < -0.39 is 0 Å². The summed E-state index contributed by atoms with van der Waals surface area (Å²) in [5, 5.41) is 5.50. The maximum Gasteiger partial charge on any atom is 0.252 e. The third kappa shape index (κ3) is 3.96. The first-order valence-corrected chi connectivity index (χ1v) is 15.1. The Hall–Kier alpha value is -2.74. The lowest BCUT2D eigenvalue weighted by Crippen LogP contribution is -2.45. The summed E-state index contributed by atoms with van der Waals surface area (Å²) in [6, 6.07) is 8.74. The number of methoxy groups -OCH3 is 2. The van der Waals surface area contributed by atoms with Gasteiger partial charge < -0.3 is 24.3 Å². The van der Waals surface area contributed by atoms with Crippen LogP contribution >= 0.6 is 12.6 Å². The van der Waals surface area contributed by atoms with Crippen LogP contribution in [-0.2, 0) is 16.0 Å². The number of aromatic nitrogens is 1. The predicted octanol–water partition coefficient (Wildman–Crippen LogP) is 6.60. The first-order valence-electron chi connectivity index (χ1n) is 14.2. The van der Waals surface area contributed by atoms with E-state index in [9.17, 15) is 4.79 Å². The van der Waals surface area contributed by atoms with Crippen LogP contribution in [0.3, 0.4) is 0 Å². The summed E-state index contributed by atoms with van der Waals surface area (Å²) in [5.41, 5.74) is 6.70. The van der Waals surface area contributed by atoms with Gasteiger partial charge >= 0.3 is 0 Å². The minimum atomic E-state index is -0.262. The Balaban J connectivity index is 0.000000738. The van der Waals surface area contributed by atoms with Gasteiger partial charge in [-0.15, -0.1) is 0 Å². The number of fused-ring (bicyclic) bond motifs is 9. The number of carbonyl (C=O) groups excluding carboxylic acids is 1. The van der Waals surface area contributed by atoms with Gasteiger partial charge in [-0.25, -0.2) is 0 Å². The second kappa shape index (κ2) is 11.4. The predicted molar refractivity (Wildman–Crippen MR) is 164 cm³/mol. The molecule has 2 aromatic carbocycles. The van der Waals surface area contributed by atoms with Gasteiger partial charge in [-0.05, 0) is 29.9 Å². The molecule has 208 valence electrons. The highest BCUT2D eigenvalue weighted by Gasteiger charge is 2.48. The molecular formula is C32H41N3O3S. The van der Waals surface area contributed by atoms with Gasteiger partial charge in [0.05, 0.1) is 28.3 Å². The number of ether oxygens (including phenoxy) is 2. The van der Waals surface area contributed by atoms with E-state index in [1.807, 2.05) is 21.0 Å². The summed E-state index contributed by atoms with van der Waals surface area (Å²) in [5.74, 6) is 0.497. The summed E-state index contributed by atoms with van der Waals surface area (Å²) in [4.78, 5) is 15.9. The fourth-order valence-electron chi connectivity index (χ4n) is 7.34. The van der Waals surface area contributed by atoms with E-state index >= 15 is 0 Å². The quantitative estimate of drug-likeness (QED) is 0.362.